The number of amides is 3. The predicted molar refractivity (Wildman–Crippen MR) is 120 cm³/mol. The summed E-state index contributed by atoms with van der Waals surface area (Å²) < 4.78 is 0. The Morgan fingerprint density at radius 2 is 1.90 bits per heavy atom. The predicted octanol–water partition coefficient (Wildman–Crippen LogP) is 2.60. The second kappa shape index (κ2) is 9.04. The third kappa shape index (κ3) is 4.51. The maximum Gasteiger partial charge on any atom is 0.317 e. The van der Waals surface area contributed by atoms with Gasteiger partial charge >= 0.3 is 6.03 Å². The minimum absolute atomic E-state index is 0.125. The number of aliphatic hydroxyl groups is 1. The first-order valence-corrected chi connectivity index (χ1v) is 9.94. The van der Waals surface area contributed by atoms with E-state index < -0.39 is 16.6 Å². The number of carbonyl (C=O) groups is 2. The molecule has 1 aromatic carbocycles. The van der Waals surface area contributed by atoms with Crippen LogP contribution in [0.25, 0.3) is 5.57 Å². The summed E-state index contributed by atoms with van der Waals surface area (Å²) in [6, 6.07) is 6.30. The summed E-state index contributed by atoms with van der Waals surface area (Å²) in [5.74, 6) is -0.222. The van der Waals surface area contributed by atoms with Crippen LogP contribution in [0.2, 0.25) is 0 Å². The number of carbonyl (C=O) groups excluding carboxylic acids is 2. The number of thiocarbonyl (C=S) groups is 1. The van der Waals surface area contributed by atoms with Crippen molar-refractivity contribution in [2.45, 2.75) is 31.4 Å². The summed E-state index contributed by atoms with van der Waals surface area (Å²) in [4.78, 5) is 22.9. The van der Waals surface area contributed by atoms with Gasteiger partial charge in [-0.2, -0.15) is 0 Å². The van der Waals surface area contributed by atoms with E-state index in [1.807, 2.05) is 26.0 Å². The van der Waals surface area contributed by atoms with E-state index in [2.05, 4.69) is 10.6 Å². The fourth-order valence-corrected chi connectivity index (χ4v) is 4.03. The van der Waals surface area contributed by atoms with Crippen LogP contribution in [0.3, 0.4) is 0 Å². The molecule has 2 rings (SSSR count). The van der Waals surface area contributed by atoms with Crippen molar-refractivity contribution in [1.82, 2.24) is 10.2 Å². The number of nitrogens with two attached hydrogens (primary N) is 1. The van der Waals surface area contributed by atoms with Gasteiger partial charge in [0.05, 0.1) is 0 Å². The van der Waals surface area contributed by atoms with Gasteiger partial charge in [0.25, 0.3) is 0 Å². The molecule has 0 fully saturated rings. The number of primary amides is 1. The monoisotopic (exact) mass is 436 g/mol. The number of halogens is 1. The Hall–Kier alpha value is -2.26. The maximum atomic E-state index is 11.6. The Morgan fingerprint density at radius 1 is 1.28 bits per heavy atom. The molecule has 1 aliphatic carbocycles. The molecule has 0 spiro atoms. The van der Waals surface area contributed by atoms with Crippen LogP contribution < -0.4 is 16.4 Å². The smallest absolute Gasteiger partial charge is 0.317 e. The van der Waals surface area contributed by atoms with Crippen molar-refractivity contribution in [3.8, 4) is 0 Å². The SMILES string of the molecule is CCN(CC)C1(O)C=CC(c2ccccc2NC(C)=O)=CC1(Cl)C(=S)NC(N)=O. The number of benzene rings is 1. The molecule has 0 saturated heterocycles. The van der Waals surface area contributed by atoms with Crippen LogP contribution in [0.15, 0.2) is 42.5 Å². The number of nitrogens with one attached hydrogen (secondary N) is 2. The van der Waals surface area contributed by atoms with Gasteiger partial charge in [0.1, 0.15) is 4.99 Å². The molecular formula is C20H25ClN4O3S. The molecule has 7 nitrogen and oxygen atoms in total. The van der Waals surface area contributed by atoms with Gasteiger partial charge in [-0.1, -0.05) is 50.3 Å². The number of hydrogen-bond acceptors (Lipinski definition) is 5. The molecule has 0 aliphatic heterocycles. The van der Waals surface area contributed by atoms with Crippen molar-refractivity contribution in [1.29, 1.82) is 0 Å². The number of nitrogens with zero attached hydrogens (tertiary/aromatic N) is 1. The summed E-state index contributed by atoms with van der Waals surface area (Å²) in [5, 5.41) is 16.6. The van der Waals surface area contributed by atoms with Gasteiger partial charge in [-0.05, 0) is 36.9 Å². The van der Waals surface area contributed by atoms with E-state index in [1.165, 1.54) is 6.92 Å². The van der Waals surface area contributed by atoms with Crippen molar-refractivity contribution in [3.63, 3.8) is 0 Å². The highest BCUT2D eigenvalue weighted by Gasteiger charge is 2.54. The van der Waals surface area contributed by atoms with Gasteiger partial charge in [0.2, 0.25) is 5.91 Å². The van der Waals surface area contributed by atoms with E-state index >= 15 is 0 Å². The molecular weight excluding hydrogens is 412 g/mol. The van der Waals surface area contributed by atoms with Crippen LogP contribution in [-0.2, 0) is 4.79 Å². The molecule has 9 heteroatoms. The van der Waals surface area contributed by atoms with Gasteiger partial charge in [-0.15, -0.1) is 11.6 Å². The molecule has 3 amide bonds. The lowest BCUT2D eigenvalue weighted by Gasteiger charge is -2.48. The molecule has 0 bridgehead atoms. The maximum absolute atomic E-state index is 11.6. The number of likely N-dealkylation sites (N-methyl/N-ethyl adjacent to an activating group) is 1. The largest absolute Gasteiger partial charge is 0.369 e. The number of para-hydroxylation sites is 1. The summed E-state index contributed by atoms with van der Waals surface area (Å²) >= 11 is 12.3. The zero-order chi connectivity index (χ0) is 21.8. The number of alkyl halides is 1. The lowest BCUT2D eigenvalue weighted by atomic mass is 9.83. The zero-order valence-corrected chi connectivity index (χ0v) is 18.1. The van der Waals surface area contributed by atoms with Gasteiger partial charge < -0.3 is 21.5 Å². The van der Waals surface area contributed by atoms with Crippen LogP contribution in [0, 0.1) is 0 Å². The van der Waals surface area contributed by atoms with Crippen LogP contribution >= 0.6 is 23.8 Å². The number of hydrogen-bond donors (Lipinski definition) is 4. The normalized spacial score (nSPS) is 23.4. The van der Waals surface area contributed by atoms with Gasteiger partial charge in [0, 0.05) is 18.2 Å². The van der Waals surface area contributed by atoms with Crippen LogP contribution in [0.4, 0.5) is 10.5 Å². The number of allylic oxidation sites excluding steroid dienone is 2. The number of anilines is 1. The summed E-state index contributed by atoms with van der Waals surface area (Å²) in [7, 11) is 0. The van der Waals surface area contributed by atoms with Crippen LogP contribution in [0.5, 0.6) is 0 Å². The molecule has 156 valence electrons. The third-order valence-electron chi connectivity index (χ3n) is 4.75. The lowest BCUT2D eigenvalue weighted by molar-refractivity contribution is -0.114. The Balaban J connectivity index is 2.65. The van der Waals surface area contributed by atoms with E-state index in [0.29, 0.717) is 29.9 Å². The van der Waals surface area contributed by atoms with Crippen molar-refractivity contribution in [2.24, 2.45) is 5.73 Å². The Kier molecular flexibility index (Phi) is 7.18. The molecule has 2 atom stereocenters. The van der Waals surface area contributed by atoms with Crippen LogP contribution in [-0.4, -0.2) is 50.6 Å². The molecule has 0 aromatic heterocycles. The average molecular weight is 437 g/mol. The van der Waals surface area contributed by atoms with Crippen molar-refractivity contribution >= 4 is 52.0 Å². The molecule has 2 unspecified atom stereocenters. The van der Waals surface area contributed by atoms with E-state index in [4.69, 9.17) is 29.6 Å². The molecule has 1 aliphatic rings. The third-order valence-corrected chi connectivity index (χ3v) is 5.86. The minimum atomic E-state index is -1.70. The molecule has 0 saturated carbocycles. The van der Waals surface area contributed by atoms with Gasteiger partial charge in [-0.3, -0.25) is 9.69 Å². The topological polar surface area (TPSA) is 108 Å². The first-order valence-electron chi connectivity index (χ1n) is 9.15. The summed E-state index contributed by atoms with van der Waals surface area (Å²) in [5.41, 5.74) is 5.42. The first-order chi connectivity index (χ1) is 13.6. The minimum Gasteiger partial charge on any atom is -0.369 e. The molecule has 5 N–H and O–H groups in total. The quantitative estimate of drug-likeness (QED) is 0.311. The van der Waals surface area contributed by atoms with E-state index in [9.17, 15) is 14.7 Å². The van der Waals surface area contributed by atoms with Crippen molar-refractivity contribution < 1.29 is 14.7 Å². The number of rotatable bonds is 6. The van der Waals surface area contributed by atoms with Crippen molar-refractivity contribution in [3.05, 3.63) is 48.1 Å². The summed E-state index contributed by atoms with van der Waals surface area (Å²) in [6.07, 6.45) is 4.83. The van der Waals surface area contributed by atoms with Gasteiger partial charge in [0.15, 0.2) is 10.6 Å². The highest BCUT2D eigenvalue weighted by molar-refractivity contribution is 7.80. The highest BCUT2D eigenvalue weighted by atomic mass is 35.5. The highest BCUT2D eigenvalue weighted by Crippen LogP contribution is 2.43. The van der Waals surface area contributed by atoms with Crippen LogP contribution in [0.1, 0.15) is 26.3 Å². The first kappa shape index (κ1) is 23.0. The van der Waals surface area contributed by atoms with E-state index in [-0.39, 0.29) is 10.9 Å². The summed E-state index contributed by atoms with van der Waals surface area (Å²) in [6.45, 7) is 6.14. The molecule has 1 aromatic rings. The molecule has 0 heterocycles. The van der Waals surface area contributed by atoms with E-state index in [1.54, 1.807) is 35.3 Å². The standard InChI is InChI=1S/C20H25ClN4O3S/c1-4-25(5-2)20(28)11-10-14(12-19(20,21)17(29)24-18(22)27)15-8-6-7-9-16(15)23-13(3)26/h6-12,28H,4-5H2,1-3H3,(H,23,26)(H3,22,24,27,29). The fourth-order valence-electron chi connectivity index (χ4n) is 3.37. The Morgan fingerprint density at radius 3 is 2.45 bits per heavy atom. The lowest BCUT2D eigenvalue weighted by Crippen LogP contribution is -2.66. The van der Waals surface area contributed by atoms with Crippen molar-refractivity contribution in [2.75, 3.05) is 18.4 Å². The molecule has 0 radical (unpaired) electrons. The second-order valence-electron chi connectivity index (χ2n) is 6.59. The Bertz CT molecular complexity index is 884. The molecule has 29 heavy (non-hydrogen) atoms. The second-order valence-corrected chi connectivity index (χ2v) is 7.59. The average Bonchev–Trinajstić information content (AvgIpc) is 2.64. The number of urea groups is 1. The Labute approximate surface area is 180 Å². The zero-order valence-electron chi connectivity index (χ0n) is 16.5. The fraction of sp³-hybridized carbons (Fsp3) is 0.350. The van der Waals surface area contributed by atoms with E-state index in [0.717, 1.165) is 0 Å². The van der Waals surface area contributed by atoms with Gasteiger partial charge in [-0.25, -0.2) is 4.79 Å².